The van der Waals surface area contributed by atoms with Gasteiger partial charge in [0.05, 0.1) is 13.0 Å². The number of carbonyl (C=O) groups is 1. The summed E-state index contributed by atoms with van der Waals surface area (Å²) in [7, 11) is 0. The van der Waals surface area contributed by atoms with Crippen LogP contribution in [0.5, 0.6) is 0 Å². The van der Waals surface area contributed by atoms with Crippen molar-refractivity contribution >= 4 is 5.97 Å². The van der Waals surface area contributed by atoms with Crippen molar-refractivity contribution in [2.45, 2.75) is 47.0 Å². The Morgan fingerprint density at radius 3 is 2.06 bits per heavy atom. The Hall–Kier alpha value is -1.31. The number of aryl methyl sites for hydroxylation is 3. The molecule has 1 rings (SSSR count). The number of hydrogen-bond acceptors (Lipinski definition) is 2. The van der Waals surface area contributed by atoms with Crippen molar-refractivity contribution in [2.24, 2.45) is 0 Å². The van der Waals surface area contributed by atoms with Gasteiger partial charge in [-0.2, -0.15) is 0 Å². The molecule has 17 heavy (non-hydrogen) atoms. The van der Waals surface area contributed by atoms with Crippen LogP contribution in [0, 0.1) is 6.92 Å². The van der Waals surface area contributed by atoms with Crippen LogP contribution in [0.1, 0.15) is 43.0 Å². The van der Waals surface area contributed by atoms with Gasteiger partial charge in [0.15, 0.2) is 0 Å². The predicted molar refractivity (Wildman–Crippen MR) is 70.3 cm³/mol. The van der Waals surface area contributed by atoms with Gasteiger partial charge in [-0.15, -0.1) is 0 Å². The molecule has 2 nitrogen and oxygen atoms in total. The Labute approximate surface area is 104 Å². The van der Waals surface area contributed by atoms with Gasteiger partial charge in [-0.05, 0) is 43.4 Å². The molecule has 0 aliphatic heterocycles. The van der Waals surface area contributed by atoms with Crippen LogP contribution in [0.15, 0.2) is 12.1 Å². The highest BCUT2D eigenvalue weighted by atomic mass is 16.5. The van der Waals surface area contributed by atoms with Gasteiger partial charge in [-0.3, -0.25) is 4.79 Å². The third-order valence-electron chi connectivity index (χ3n) is 2.97. The molecule has 0 heterocycles. The fourth-order valence-electron chi connectivity index (χ4n) is 2.19. The van der Waals surface area contributed by atoms with Crippen molar-refractivity contribution in [1.82, 2.24) is 0 Å². The summed E-state index contributed by atoms with van der Waals surface area (Å²) in [5, 5.41) is 0. The van der Waals surface area contributed by atoms with Crippen molar-refractivity contribution in [2.75, 3.05) is 6.61 Å². The zero-order valence-corrected chi connectivity index (χ0v) is 11.3. The Morgan fingerprint density at radius 2 is 1.65 bits per heavy atom. The first-order valence-corrected chi connectivity index (χ1v) is 6.39. The van der Waals surface area contributed by atoms with Gasteiger partial charge in [0.1, 0.15) is 0 Å². The molecule has 1 aromatic carbocycles. The molecular weight excluding hydrogens is 212 g/mol. The minimum absolute atomic E-state index is 0.124. The number of ether oxygens (including phenoxy) is 1. The van der Waals surface area contributed by atoms with E-state index < -0.39 is 0 Å². The van der Waals surface area contributed by atoms with Crippen LogP contribution in [0.4, 0.5) is 0 Å². The van der Waals surface area contributed by atoms with Gasteiger partial charge in [-0.25, -0.2) is 0 Å². The lowest BCUT2D eigenvalue weighted by Crippen LogP contribution is -2.11. The minimum atomic E-state index is -0.124. The van der Waals surface area contributed by atoms with Crippen LogP contribution in [-0.2, 0) is 28.8 Å². The Morgan fingerprint density at radius 1 is 1.12 bits per heavy atom. The zero-order valence-electron chi connectivity index (χ0n) is 11.3. The molecule has 0 aromatic heterocycles. The van der Waals surface area contributed by atoms with Crippen molar-refractivity contribution in [3.8, 4) is 0 Å². The lowest BCUT2D eigenvalue weighted by atomic mass is 9.93. The molecule has 2 heteroatoms. The predicted octanol–water partition coefficient (Wildman–Crippen LogP) is 3.23. The highest BCUT2D eigenvalue weighted by molar-refractivity contribution is 5.73. The molecule has 0 radical (unpaired) electrons. The number of rotatable bonds is 5. The van der Waals surface area contributed by atoms with Crippen LogP contribution in [-0.4, -0.2) is 12.6 Å². The summed E-state index contributed by atoms with van der Waals surface area (Å²) in [5.41, 5.74) is 4.98. The molecule has 0 amide bonds. The van der Waals surface area contributed by atoms with E-state index in [0.717, 1.165) is 12.8 Å². The molecule has 94 valence electrons. The van der Waals surface area contributed by atoms with E-state index in [1.165, 1.54) is 22.3 Å². The first kappa shape index (κ1) is 13.8. The number of esters is 1. The summed E-state index contributed by atoms with van der Waals surface area (Å²) in [6.07, 6.45) is 2.33. The van der Waals surface area contributed by atoms with E-state index in [0.29, 0.717) is 13.0 Å². The number of carbonyl (C=O) groups excluding carboxylic acids is 1. The van der Waals surface area contributed by atoms with Crippen LogP contribution in [0.2, 0.25) is 0 Å². The molecule has 0 aliphatic rings. The van der Waals surface area contributed by atoms with E-state index in [2.05, 4.69) is 32.9 Å². The molecule has 0 saturated carbocycles. The van der Waals surface area contributed by atoms with Gasteiger partial charge < -0.3 is 4.74 Å². The maximum atomic E-state index is 11.6. The third-order valence-corrected chi connectivity index (χ3v) is 2.97. The summed E-state index contributed by atoms with van der Waals surface area (Å²) in [6.45, 7) is 8.65. The van der Waals surface area contributed by atoms with Crippen LogP contribution < -0.4 is 0 Å². The molecule has 0 aliphatic carbocycles. The third kappa shape index (κ3) is 3.58. The molecule has 0 spiro atoms. The van der Waals surface area contributed by atoms with Crippen molar-refractivity contribution in [3.05, 3.63) is 34.4 Å². The second-order valence-corrected chi connectivity index (χ2v) is 4.25. The normalized spacial score (nSPS) is 10.4. The maximum Gasteiger partial charge on any atom is 0.310 e. The quantitative estimate of drug-likeness (QED) is 0.731. The van der Waals surface area contributed by atoms with Crippen molar-refractivity contribution in [1.29, 1.82) is 0 Å². The SMILES string of the molecule is CCOC(=O)Cc1c(CC)cc(C)cc1CC. The van der Waals surface area contributed by atoms with Crippen LogP contribution in [0.25, 0.3) is 0 Å². The molecular formula is C15H22O2. The first-order valence-electron chi connectivity index (χ1n) is 6.39. The highest BCUT2D eigenvalue weighted by Crippen LogP contribution is 2.20. The van der Waals surface area contributed by atoms with E-state index in [1.807, 2.05) is 6.92 Å². The number of hydrogen-bond donors (Lipinski definition) is 0. The van der Waals surface area contributed by atoms with E-state index in [1.54, 1.807) is 0 Å². The van der Waals surface area contributed by atoms with Crippen LogP contribution in [0.3, 0.4) is 0 Å². The van der Waals surface area contributed by atoms with Gasteiger partial charge in [0, 0.05) is 0 Å². The lowest BCUT2D eigenvalue weighted by Gasteiger charge is -2.14. The summed E-state index contributed by atoms with van der Waals surface area (Å²) in [4.78, 5) is 11.6. The van der Waals surface area contributed by atoms with Crippen molar-refractivity contribution < 1.29 is 9.53 Å². The average Bonchev–Trinajstić information content (AvgIpc) is 2.31. The molecule has 0 fully saturated rings. The standard InChI is InChI=1S/C15H22O2/c1-5-12-8-11(4)9-13(6-2)14(12)10-15(16)17-7-3/h8-9H,5-7,10H2,1-4H3. The Bertz CT molecular complexity index is 369. The van der Waals surface area contributed by atoms with E-state index >= 15 is 0 Å². The maximum absolute atomic E-state index is 11.6. The summed E-state index contributed by atoms with van der Waals surface area (Å²) < 4.78 is 5.04. The lowest BCUT2D eigenvalue weighted by molar-refractivity contribution is -0.142. The first-order chi connectivity index (χ1) is 8.12. The van der Waals surface area contributed by atoms with E-state index in [4.69, 9.17) is 4.74 Å². The largest absolute Gasteiger partial charge is 0.466 e. The van der Waals surface area contributed by atoms with Crippen molar-refractivity contribution in [3.63, 3.8) is 0 Å². The molecule has 0 saturated heterocycles. The highest BCUT2D eigenvalue weighted by Gasteiger charge is 2.12. The smallest absolute Gasteiger partial charge is 0.310 e. The topological polar surface area (TPSA) is 26.3 Å². The van der Waals surface area contributed by atoms with Gasteiger partial charge in [0.2, 0.25) is 0 Å². The zero-order chi connectivity index (χ0) is 12.8. The second-order valence-electron chi connectivity index (χ2n) is 4.25. The molecule has 0 atom stereocenters. The van der Waals surface area contributed by atoms with Gasteiger partial charge in [-0.1, -0.05) is 31.5 Å². The Balaban J connectivity index is 3.06. The monoisotopic (exact) mass is 234 g/mol. The Kier molecular flexibility index (Phi) is 5.20. The summed E-state index contributed by atoms with van der Waals surface area (Å²) in [5.74, 6) is -0.124. The van der Waals surface area contributed by atoms with Gasteiger partial charge in [0.25, 0.3) is 0 Å². The van der Waals surface area contributed by atoms with Gasteiger partial charge >= 0.3 is 5.97 Å². The minimum Gasteiger partial charge on any atom is -0.466 e. The summed E-state index contributed by atoms with van der Waals surface area (Å²) >= 11 is 0. The fourth-order valence-corrected chi connectivity index (χ4v) is 2.19. The van der Waals surface area contributed by atoms with Crippen LogP contribution >= 0.6 is 0 Å². The average molecular weight is 234 g/mol. The summed E-state index contributed by atoms with van der Waals surface area (Å²) in [6, 6.07) is 4.35. The van der Waals surface area contributed by atoms with E-state index in [-0.39, 0.29) is 5.97 Å². The fraction of sp³-hybridized carbons (Fsp3) is 0.533. The molecule has 0 unspecified atom stereocenters. The molecule has 0 bridgehead atoms. The van der Waals surface area contributed by atoms with E-state index in [9.17, 15) is 4.79 Å². The number of benzene rings is 1. The molecule has 1 aromatic rings. The molecule has 0 N–H and O–H groups in total. The second kappa shape index (κ2) is 6.43.